The Labute approximate surface area is 118 Å². The van der Waals surface area contributed by atoms with Crippen LogP contribution in [0.25, 0.3) is 0 Å². The lowest BCUT2D eigenvalue weighted by atomic mass is 9.93. The van der Waals surface area contributed by atoms with Crippen molar-refractivity contribution in [2.24, 2.45) is 0 Å². The van der Waals surface area contributed by atoms with Crippen LogP contribution < -0.4 is 5.32 Å². The number of sulfone groups is 1. The zero-order chi connectivity index (χ0) is 14.1. The molecule has 112 valence electrons. The molecule has 0 bridgehead atoms. The van der Waals surface area contributed by atoms with Crippen molar-refractivity contribution >= 4 is 9.84 Å². The summed E-state index contributed by atoms with van der Waals surface area (Å²) in [6, 6.07) is 0.450. The fourth-order valence-electron chi connectivity index (χ4n) is 2.62. The second kappa shape index (κ2) is 8.75. The minimum absolute atomic E-state index is 0.316. The number of hydrogen-bond donors (Lipinski definition) is 1. The lowest BCUT2D eigenvalue weighted by molar-refractivity contribution is 0.461. The van der Waals surface area contributed by atoms with Crippen LogP contribution in [0.2, 0.25) is 0 Å². The molecule has 0 aromatic carbocycles. The molecule has 1 N–H and O–H groups in total. The van der Waals surface area contributed by atoms with Crippen molar-refractivity contribution in [1.82, 2.24) is 5.32 Å². The summed E-state index contributed by atoms with van der Waals surface area (Å²) >= 11 is 0. The maximum absolute atomic E-state index is 11.2. The Morgan fingerprint density at radius 2 is 2.16 bits per heavy atom. The van der Waals surface area contributed by atoms with Crippen LogP contribution in [-0.2, 0) is 9.84 Å². The van der Waals surface area contributed by atoms with Gasteiger partial charge in [-0.05, 0) is 57.9 Å². The third kappa shape index (κ3) is 8.43. The highest BCUT2D eigenvalue weighted by molar-refractivity contribution is 7.90. The molecule has 0 aliphatic heterocycles. The smallest absolute Gasteiger partial charge is 0.147 e. The molecule has 4 heteroatoms. The lowest BCUT2D eigenvalue weighted by Crippen LogP contribution is -2.31. The van der Waals surface area contributed by atoms with Gasteiger partial charge >= 0.3 is 0 Å². The van der Waals surface area contributed by atoms with E-state index in [0.29, 0.717) is 11.8 Å². The van der Waals surface area contributed by atoms with Gasteiger partial charge in [0.2, 0.25) is 0 Å². The molecule has 1 atom stereocenters. The van der Waals surface area contributed by atoms with Gasteiger partial charge < -0.3 is 5.32 Å². The Hall–Kier alpha value is -0.350. The SMILES string of the molecule is CCCNC(CCCS(C)(=O)=O)CC1=CCCCC1. The summed E-state index contributed by atoms with van der Waals surface area (Å²) in [7, 11) is -2.82. The van der Waals surface area contributed by atoms with Crippen LogP contribution in [0.15, 0.2) is 11.6 Å². The molecule has 0 fully saturated rings. The highest BCUT2D eigenvalue weighted by atomic mass is 32.2. The molecule has 0 saturated carbocycles. The summed E-state index contributed by atoms with van der Waals surface area (Å²) in [5.41, 5.74) is 1.57. The minimum Gasteiger partial charge on any atom is -0.314 e. The highest BCUT2D eigenvalue weighted by Gasteiger charge is 2.13. The van der Waals surface area contributed by atoms with Gasteiger partial charge in [-0.25, -0.2) is 8.42 Å². The van der Waals surface area contributed by atoms with E-state index in [1.54, 1.807) is 5.57 Å². The quantitative estimate of drug-likeness (QED) is 0.663. The van der Waals surface area contributed by atoms with E-state index < -0.39 is 9.84 Å². The number of allylic oxidation sites excluding steroid dienone is 1. The molecule has 0 amide bonds. The first-order valence-electron chi connectivity index (χ1n) is 7.60. The van der Waals surface area contributed by atoms with Gasteiger partial charge in [-0.1, -0.05) is 18.6 Å². The lowest BCUT2D eigenvalue weighted by Gasteiger charge is -2.22. The Bertz CT molecular complexity index is 374. The molecule has 1 rings (SSSR count). The molecule has 1 aliphatic rings. The van der Waals surface area contributed by atoms with Crippen LogP contribution in [0.5, 0.6) is 0 Å². The standard InChI is InChI=1S/C15H29NO2S/c1-3-11-16-15(10-7-12-19(2,17)18)13-14-8-5-4-6-9-14/h8,15-16H,3-7,9-13H2,1-2H3. The van der Waals surface area contributed by atoms with E-state index in [1.807, 2.05) is 0 Å². The van der Waals surface area contributed by atoms with Gasteiger partial charge in [0.25, 0.3) is 0 Å². The summed E-state index contributed by atoms with van der Waals surface area (Å²) in [5, 5.41) is 3.57. The summed E-state index contributed by atoms with van der Waals surface area (Å²) in [5.74, 6) is 0.316. The normalized spacial score (nSPS) is 18.1. The van der Waals surface area contributed by atoms with E-state index in [2.05, 4.69) is 18.3 Å². The summed E-state index contributed by atoms with van der Waals surface area (Å²) < 4.78 is 22.4. The van der Waals surface area contributed by atoms with Gasteiger partial charge in [-0.3, -0.25) is 0 Å². The maximum Gasteiger partial charge on any atom is 0.147 e. The van der Waals surface area contributed by atoms with Crippen LogP contribution >= 0.6 is 0 Å². The zero-order valence-electron chi connectivity index (χ0n) is 12.5. The van der Waals surface area contributed by atoms with Gasteiger partial charge in [0, 0.05) is 18.1 Å². The van der Waals surface area contributed by atoms with Crippen LogP contribution in [0, 0.1) is 0 Å². The third-order valence-corrected chi connectivity index (χ3v) is 4.67. The third-order valence-electron chi connectivity index (χ3n) is 3.64. The molecule has 1 aliphatic carbocycles. The number of rotatable bonds is 9. The average molecular weight is 287 g/mol. The molecule has 0 radical (unpaired) electrons. The molecule has 0 spiro atoms. The predicted molar refractivity (Wildman–Crippen MR) is 82.2 cm³/mol. The second-order valence-corrected chi connectivity index (χ2v) is 8.00. The van der Waals surface area contributed by atoms with Crippen molar-refractivity contribution in [3.63, 3.8) is 0 Å². The van der Waals surface area contributed by atoms with E-state index in [9.17, 15) is 8.42 Å². The fourth-order valence-corrected chi connectivity index (χ4v) is 3.31. The summed E-state index contributed by atoms with van der Waals surface area (Å²) in [4.78, 5) is 0. The molecule has 19 heavy (non-hydrogen) atoms. The van der Waals surface area contributed by atoms with Crippen LogP contribution in [0.4, 0.5) is 0 Å². The molecule has 0 saturated heterocycles. The molecule has 3 nitrogen and oxygen atoms in total. The summed E-state index contributed by atoms with van der Waals surface area (Å²) in [6.45, 7) is 3.19. The van der Waals surface area contributed by atoms with Crippen molar-refractivity contribution in [2.45, 2.75) is 64.3 Å². The van der Waals surface area contributed by atoms with Gasteiger partial charge in [-0.15, -0.1) is 0 Å². The van der Waals surface area contributed by atoms with Crippen LogP contribution in [-0.4, -0.2) is 33.0 Å². The van der Waals surface area contributed by atoms with Crippen molar-refractivity contribution in [1.29, 1.82) is 0 Å². The van der Waals surface area contributed by atoms with Gasteiger partial charge in [0.1, 0.15) is 9.84 Å². The first-order valence-corrected chi connectivity index (χ1v) is 9.66. The fraction of sp³-hybridized carbons (Fsp3) is 0.867. The second-order valence-electron chi connectivity index (χ2n) is 5.74. The van der Waals surface area contributed by atoms with E-state index >= 15 is 0 Å². The van der Waals surface area contributed by atoms with Gasteiger partial charge in [0.15, 0.2) is 0 Å². The molecule has 0 aromatic heterocycles. The van der Waals surface area contributed by atoms with E-state index in [-0.39, 0.29) is 0 Å². The van der Waals surface area contributed by atoms with E-state index in [4.69, 9.17) is 0 Å². The Morgan fingerprint density at radius 1 is 1.37 bits per heavy atom. The van der Waals surface area contributed by atoms with Crippen molar-refractivity contribution in [3.05, 3.63) is 11.6 Å². The topological polar surface area (TPSA) is 46.2 Å². The minimum atomic E-state index is -2.82. The molecular weight excluding hydrogens is 258 g/mol. The van der Waals surface area contributed by atoms with Crippen LogP contribution in [0.3, 0.4) is 0 Å². The monoisotopic (exact) mass is 287 g/mol. The first kappa shape index (κ1) is 16.7. The van der Waals surface area contributed by atoms with Gasteiger partial charge in [0.05, 0.1) is 0 Å². The number of nitrogens with one attached hydrogen (secondary N) is 1. The van der Waals surface area contributed by atoms with Crippen molar-refractivity contribution in [2.75, 3.05) is 18.6 Å². The van der Waals surface area contributed by atoms with E-state index in [1.165, 1.54) is 31.9 Å². The number of hydrogen-bond acceptors (Lipinski definition) is 3. The van der Waals surface area contributed by atoms with Crippen molar-refractivity contribution < 1.29 is 8.42 Å². The molecule has 1 unspecified atom stereocenters. The molecule has 0 heterocycles. The molecule has 0 aromatic rings. The first-order chi connectivity index (χ1) is 9.01. The highest BCUT2D eigenvalue weighted by Crippen LogP contribution is 2.22. The van der Waals surface area contributed by atoms with Gasteiger partial charge in [-0.2, -0.15) is 0 Å². The largest absolute Gasteiger partial charge is 0.314 e. The zero-order valence-corrected chi connectivity index (χ0v) is 13.3. The summed E-state index contributed by atoms with van der Waals surface area (Å²) in [6.07, 6.45) is 12.8. The average Bonchev–Trinajstić information content (AvgIpc) is 2.35. The predicted octanol–water partition coefficient (Wildman–Crippen LogP) is 3.07. The Morgan fingerprint density at radius 3 is 2.74 bits per heavy atom. The maximum atomic E-state index is 11.2. The molecular formula is C15H29NO2S. The van der Waals surface area contributed by atoms with E-state index in [0.717, 1.165) is 32.2 Å². The van der Waals surface area contributed by atoms with Crippen LogP contribution in [0.1, 0.15) is 58.3 Å². The Balaban J connectivity index is 2.39. The van der Waals surface area contributed by atoms with Crippen molar-refractivity contribution in [3.8, 4) is 0 Å². The Kier molecular flexibility index (Phi) is 7.69.